The summed E-state index contributed by atoms with van der Waals surface area (Å²) in [5.41, 5.74) is 0. The molecule has 1 aliphatic rings. The van der Waals surface area contributed by atoms with Crippen molar-refractivity contribution in [2.45, 2.75) is 45.1 Å². The molecule has 0 N–H and O–H groups in total. The summed E-state index contributed by atoms with van der Waals surface area (Å²) >= 11 is 5.85. The van der Waals surface area contributed by atoms with Gasteiger partial charge in [0, 0.05) is 18.5 Å². The summed E-state index contributed by atoms with van der Waals surface area (Å²) in [6.45, 7) is 2.55. The lowest BCUT2D eigenvalue weighted by molar-refractivity contribution is 0.345. The molecular formula is C10H20ClNO2S. The molecule has 0 aliphatic carbocycles. The molecule has 0 amide bonds. The molecule has 15 heavy (non-hydrogen) atoms. The SMILES string of the molecule is CCCS(=O)(=O)N1CCCCCC1CCl. The van der Waals surface area contributed by atoms with E-state index in [1.807, 2.05) is 6.92 Å². The van der Waals surface area contributed by atoms with Gasteiger partial charge in [-0.1, -0.05) is 19.8 Å². The normalized spacial score (nSPS) is 25.1. The Morgan fingerprint density at radius 3 is 2.67 bits per heavy atom. The van der Waals surface area contributed by atoms with Gasteiger partial charge in [0.1, 0.15) is 0 Å². The Kier molecular flexibility index (Phi) is 5.36. The van der Waals surface area contributed by atoms with Gasteiger partial charge in [0.15, 0.2) is 0 Å². The van der Waals surface area contributed by atoms with E-state index in [0.29, 0.717) is 18.8 Å². The van der Waals surface area contributed by atoms with Crippen molar-refractivity contribution in [1.29, 1.82) is 0 Å². The van der Waals surface area contributed by atoms with Crippen molar-refractivity contribution >= 4 is 21.6 Å². The molecule has 1 fully saturated rings. The third-order valence-electron chi connectivity index (χ3n) is 2.82. The summed E-state index contributed by atoms with van der Waals surface area (Å²) in [5, 5.41) is 0. The first kappa shape index (κ1) is 13.3. The first-order chi connectivity index (χ1) is 7.11. The van der Waals surface area contributed by atoms with E-state index in [1.165, 1.54) is 0 Å². The molecule has 1 aliphatic heterocycles. The largest absolute Gasteiger partial charge is 0.214 e. The maximum Gasteiger partial charge on any atom is 0.214 e. The fourth-order valence-corrected chi connectivity index (χ4v) is 4.24. The Bertz CT molecular complexity index is 279. The van der Waals surface area contributed by atoms with Gasteiger partial charge in [0.25, 0.3) is 0 Å². The summed E-state index contributed by atoms with van der Waals surface area (Å²) in [6, 6.07) is 0.0192. The second kappa shape index (κ2) is 6.06. The Labute approximate surface area is 97.8 Å². The Morgan fingerprint density at radius 1 is 1.33 bits per heavy atom. The molecule has 0 saturated carbocycles. The summed E-state index contributed by atoms with van der Waals surface area (Å²) in [7, 11) is -3.07. The van der Waals surface area contributed by atoms with Gasteiger partial charge in [-0.3, -0.25) is 0 Å². The van der Waals surface area contributed by atoms with Crippen LogP contribution in [0.5, 0.6) is 0 Å². The van der Waals surface area contributed by atoms with E-state index in [9.17, 15) is 8.42 Å². The molecule has 0 aromatic carbocycles. The first-order valence-corrected chi connectivity index (χ1v) is 7.81. The highest BCUT2D eigenvalue weighted by molar-refractivity contribution is 7.89. The minimum absolute atomic E-state index is 0.0192. The standard InChI is InChI=1S/C10H20ClNO2S/c1-2-8-15(13,14)12-7-5-3-4-6-10(12)9-11/h10H,2-9H2,1H3. The first-order valence-electron chi connectivity index (χ1n) is 5.67. The van der Waals surface area contributed by atoms with Gasteiger partial charge < -0.3 is 0 Å². The maximum atomic E-state index is 12.0. The zero-order valence-corrected chi connectivity index (χ0v) is 10.9. The number of halogens is 1. The molecule has 0 radical (unpaired) electrons. The van der Waals surface area contributed by atoms with Crippen LogP contribution < -0.4 is 0 Å². The number of nitrogens with zero attached hydrogens (tertiary/aromatic N) is 1. The van der Waals surface area contributed by atoms with Gasteiger partial charge in [0.05, 0.1) is 5.75 Å². The van der Waals surface area contributed by atoms with Gasteiger partial charge in [-0.25, -0.2) is 8.42 Å². The van der Waals surface area contributed by atoms with Crippen LogP contribution in [0.25, 0.3) is 0 Å². The van der Waals surface area contributed by atoms with Crippen LogP contribution in [0.15, 0.2) is 0 Å². The molecule has 3 nitrogen and oxygen atoms in total. The molecular weight excluding hydrogens is 234 g/mol. The maximum absolute atomic E-state index is 12.0. The van der Waals surface area contributed by atoms with Crippen LogP contribution in [0.2, 0.25) is 0 Å². The van der Waals surface area contributed by atoms with Gasteiger partial charge in [-0.05, 0) is 19.3 Å². The predicted molar refractivity (Wildman–Crippen MR) is 63.8 cm³/mol. The quantitative estimate of drug-likeness (QED) is 0.721. The Balaban J connectivity index is 2.78. The second-order valence-electron chi connectivity index (χ2n) is 4.08. The van der Waals surface area contributed by atoms with Crippen LogP contribution >= 0.6 is 11.6 Å². The second-order valence-corrected chi connectivity index (χ2v) is 6.43. The van der Waals surface area contributed by atoms with Crippen molar-refractivity contribution in [3.05, 3.63) is 0 Å². The number of alkyl halides is 1. The Hall–Kier alpha value is 0.200. The minimum atomic E-state index is -3.07. The van der Waals surface area contributed by atoms with E-state index in [0.717, 1.165) is 25.7 Å². The molecule has 90 valence electrons. The highest BCUT2D eigenvalue weighted by atomic mass is 35.5. The number of sulfonamides is 1. The van der Waals surface area contributed by atoms with Gasteiger partial charge in [0.2, 0.25) is 10.0 Å². The lowest BCUT2D eigenvalue weighted by atomic mass is 10.1. The molecule has 0 aromatic heterocycles. The van der Waals surface area contributed by atoms with E-state index in [-0.39, 0.29) is 11.8 Å². The van der Waals surface area contributed by atoms with Gasteiger partial charge >= 0.3 is 0 Å². The average molecular weight is 254 g/mol. The van der Waals surface area contributed by atoms with Crippen LogP contribution in [0.1, 0.15) is 39.0 Å². The average Bonchev–Trinajstić information content (AvgIpc) is 2.42. The van der Waals surface area contributed by atoms with Gasteiger partial charge in [-0.15, -0.1) is 11.6 Å². The fourth-order valence-electron chi connectivity index (χ4n) is 2.05. The number of hydrogen-bond acceptors (Lipinski definition) is 2. The van der Waals surface area contributed by atoms with E-state index >= 15 is 0 Å². The van der Waals surface area contributed by atoms with E-state index in [1.54, 1.807) is 4.31 Å². The van der Waals surface area contributed by atoms with Crippen LogP contribution in [0, 0.1) is 0 Å². The lowest BCUT2D eigenvalue weighted by Gasteiger charge is -2.27. The van der Waals surface area contributed by atoms with E-state index in [4.69, 9.17) is 11.6 Å². The topological polar surface area (TPSA) is 37.4 Å². The fraction of sp³-hybridized carbons (Fsp3) is 1.00. The summed E-state index contributed by atoms with van der Waals surface area (Å²) in [4.78, 5) is 0. The third kappa shape index (κ3) is 3.61. The van der Waals surface area contributed by atoms with Crippen molar-refractivity contribution in [2.75, 3.05) is 18.2 Å². The predicted octanol–water partition coefficient (Wildman–Crippen LogP) is 2.21. The van der Waals surface area contributed by atoms with Crippen LogP contribution in [-0.2, 0) is 10.0 Å². The van der Waals surface area contributed by atoms with Gasteiger partial charge in [-0.2, -0.15) is 4.31 Å². The molecule has 5 heteroatoms. The van der Waals surface area contributed by atoms with Crippen LogP contribution in [-0.4, -0.2) is 36.9 Å². The highest BCUT2D eigenvalue weighted by Crippen LogP contribution is 2.21. The van der Waals surface area contributed by atoms with Crippen LogP contribution in [0.4, 0.5) is 0 Å². The molecule has 1 atom stereocenters. The lowest BCUT2D eigenvalue weighted by Crippen LogP contribution is -2.42. The molecule has 0 spiro atoms. The zero-order valence-electron chi connectivity index (χ0n) is 9.28. The summed E-state index contributed by atoms with van der Waals surface area (Å²) in [5.74, 6) is 0.670. The molecule has 0 aromatic rings. The molecule has 0 bridgehead atoms. The number of rotatable bonds is 4. The van der Waals surface area contributed by atoms with Crippen molar-refractivity contribution in [2.24, 2.45) is 0 Å². The molecule has 1 rings (SSSR count). The molecule has 1 saturated heterocycles. The monoisotopic (exact) mass is 253 g/mol. The highest BCUT2D eigenvalue weighted by Gasteiger charge is 2.29. The zero-order chi connectivity index (χ0) is 11.3. The van der Waals surface area contributed by atoms with Crippen molar-refractivity contribution in [1.82, 2.24) is 4.31 Å². The number of hydrogen-bond donors (Lipinski definition) is 0. The van der Waals surface area contributed by atoms with Crippen molar-refractivity contribution in [3.8, 4) is 0 Å². The third-order valence-corrected chi connectivity index (χ3v) is 5.30. The van der Waals surface area contributed by atoms with Crippen molar-refractivity contribution in [3.63, 3.8) is 0 Å². The van der Waals surface area contributed by atoms with Crippen LogP contribution in [0.3, 0.4) is 0 Å². The van der Waals surface area contributed by atoms with E-state index < -0.39 is 10.0 Å². The summed E-state index contributed by atoms with van der Waals surface area (Å²) < 4.78 is 25.6. The Morgan fingerprint density at radius 2 is 2.07 bits per heavy atom. The minimum Gasteiger partial charge on any atom is -0.212 e. The molecule has 1 unspecified atom stereocenters. The smallest absolute Gasteiger partial charge is 0.212 e. The van der Waals surface area contributed by atoms with E-state index in [2.05, 4.69) is 0 Å². The van der Waals surface area contributed by atoms with Crippen molar-refractivity contribution < 1.29 is 8.42 Å². The summed E-state index contributed by atoms with van der Waals surface area (Å²) in [6.07, 6.45) is 4.76. The molecule has 1 heterocycles.